The molecule has 0 radical (unpaired) electrons. The number of nitrogens with one attached hydrogen (secondary N) is 1. The Labute approximate surface area is 188 Å². The fourth-order valence-corrected chi connectivity index (χ4v) is 3.35. The van der Waals surface area contributed by atoms with Gasteiger partial charge < -0.3 is 19.5 Å². The number of aromatic nitrogens is 3. The van der Waals surface area contributed by atoms with Crippen molar-refractivity contribution < 1.29 is 27.5 Å². The molecule has 176 valence electrons. The number of hydrogen-bond donors (Lipinski definition) is 1. The third-order valence-corrected chi connectivity index (χ3v) is 5.04. The Kier molecular flexibility index (Phi) is 7.01. The van der Waals surface area contributed by atoms with Crippen molar-refractivity contribution in [1.82, 2.24) is 19.4 Å². The molecule has 8 nitrogen and oxygen atoms in total. The number of carbonyl (C=O) groups excluding carboxylic acids is 2. The molecule has 0 atom stereocenters. The maximum atomic E-state index is 13.0. The van der Waals surface area contributed by atoms with E-state index in [0.717, 1.165) is 37.0 Å². The average molecular weight is 463 g/mol. The van der Waals surface area contributed by atoms with E-state index in [1.807, 2.05) is 25.7 Å². The van der Waals surface area contributed by atoms with Crippen molar-refractivity contribution >= 4 is 28.6 Å². The number of anilines is 1. The molecular formula is C22H24F3N5O3. The number of imidazole rings is 1. The molecule has 1 N–H and O–H groups in total. The number of ether oxygens (including phenoxy) is 1. The fraction of sp³-hybridized carbons (Fsp3) is 0.364. The lowest BCUT2D eigenvalue weighted by atomic mass is 10.1. The SMILES string of the molecule is COC(=O)c1cc2nc(CCCN(C)C)n(C)c2cc1NC(=O)c1cccc(C(F)(F)F)n1. The lowest BCUT2D eigenvalue weighted by Gasteiger charge is -2.12. The standard InChI is InChI=1S/C22H24F3N5O3/c1-29(2)10-6-9-19-27-16-11-13(21(32)33-4)15(12-17(16)30(19)3)28-20(31)14-7-5-8-18(26-14)22(23,24)25/h5,7-8,11-12H,6,9-10H2,1-4H3,(H,28,31). The van der Waals surface area contributed by atoms with Crippen LogP contribution in [0.5, 0.6) is 0 Å². The highest BCUT2D eigenvalue weighted by molar-refractivity contribution is 6.09. The number of carbonyl (C=O) groups is 2. The molecule has 0 fully saturated rings. The van der Waals surface area contributed by atoms with Gasteiger partial charge in [-0.2, -0.15) is 13.2 Å². The topological polar surface area (TPSA) is 89.4 Å². The number of halogens is 3. The summed E-state index contributed by atoms with van der Waals surface area (Å²) in [5, 5.41) is 2.49. The van der Waals surface area contributed by atoms with Crippen LogP contribution in [-0.4, -0.2) is 59.1 Å². The van der Waals surface area contributed by atoms with Gasteiger partial charge in [0, 0.05) is 13.5 Å². The van der Waals surface area contributed by atoms with E-state index in [-0.39, 0.29) is 11.3 Å². The van der Waals surface area contributed by atoms with E-state index in [1.54, 1.807) is 6.07 Å². The van der Waals surface area contributed by atoms with Crippen LogP contribution in [0.4, 0.5) is 18.9 Å². The number of nitrogens with zero attached hydrogens (tertiary/aromatic N) is 4. The quantitative estimate of drug-likeness (QED) is 0.540. The second-order valence-electron chi connectivity index (χ2n) is 7.73. The van der Waals surface area contributed by atoms with Gasteiger partial charge in [0.25, 0.3) is 5.91 Å². The Morgan fingerprint density at radius 2 is 1.91 bits per heavy atom. The van der Waals surface area contributed by atoms with Gasteiger partial charge in [-0.15, -0.1) is 0 Å². The molecular weight excluding hydrogens is 439 g/mol. The Balaban J connectivity index is 1.97. The van der Waals surface area contributed by atoms with Crippen LogP contribution in [0.3, 0.4) is 0 Å². The van der Waals surface area contributed by atoms with E-state index < -0.39 is 29.4 Å². The molecule has 0 aliphatic carbocycles. The van der Waals surface area contributed by atoms with Crippen molar-refractivity contribution in [3.05, 3.63) is 53.1 Å². The molecule has 0 spiro atoms. The van der Waals surface area contributed by atoms with Crippen molar-refractivity contribution in [2.24, 2.45) is 7.05 Å². The van der Waals surface area contributed by atoms with Crippen molar-refractivity contribution in [3.8, 4) is 0 Å². The minimum absolute atomic E-state index is 0.0308. The van der Waals surface area contributed by atoms with Gasteiger partial charge in [-0.05, 0) is 51.3 Å². The second kappa shape index (κ2) is 9.57. The summed E-state index contributed by atoms with van der Waals surface area (Å²) in [6, 6.07) is 6.07. The molecule has 0 aliphatic heterocycles. The molecule has 33 heavy (non-hydrogen) atoms. The van der Waals surface area contributed by atoms with Gasteiger partial charge in [0.2, 0.25) is 0 Å². The summed E-state index contributed by atoms with van der Waals surface area (Å²) >= 11 is 0. The number of rotatable bonds is 7. The van der Waals surface area contributed by atoms with Crippen molar-refractivity contribution in [2.75, 3.05) is 33.1 Å². The van der Waals surface area contributed by atoms with Crippen LogP contribution in [0.15, 0.2) is 30.3 Å². The van der Waals surface area contributed by atoms with Crippen molar-refractivity contribution in [1.29, 1.82) is 0 Å². The first-order valence-electron chi connectivity index (χ1n) is 10.1. The molecule has 0 aliphatic rings. The predicted molar refractivity (Wildman–Crippen MR) is 116 cm³/mol. The van der Waals surface area contributed by atoms with Crippen LogP contribution in [0.1, 0.15) is 38.8 Å². The molecule has 3 rings (SSSR count). The number of hydrogen-bond acceptors (Lipinski definition) is 6. The fourth-order valence-electron chi connectivity index (χ4n) is 3.35. The van der Waals surface area contributed by atoms with E-state index >= 15 is 0 Å². The highest BCUT2D eigenvalue weighted by Crippen LogP contribution is 2.29. The maximum absolute atomic E-state index is 13.0. The Hall–Kier alpha value is -3.47. The van der Waals surface area contributed by atoms with E-state index in [2.05, 4.69) is 20.2 Å². The molecule has 0 unspecified atom stereocenters. The van der Waals surface area contributed by atoms with E-state index in [1.165, 1.54) is 13.2 Å². The first kappa shape index (κ1) is 24.2. The number of amides is 1. The highest BCUT2D eigenvalue weighted by Gasteiger charge is 2.33. The second-order valence-corrected chi connectivity index (χ2v) is 7.73. The number of methoxy groups -OCH3 is 1. The summed E-state index contributed by atoms with van der Waals surface area (Å²) in [6.45, 7) is 0.877. The van der Waals surface area contributed by atoms with Crippen LogP contribution in [0.25, 0.3) is 11.0 Å². The van der Waals surface area contributed by atoms with Crippen LogP contribution in [-0.2, 0) is 24.4 Å². The molecule has 1 aromatic carbocycles. The molecule has 2 aromatic heterocycles. The summed E-state index contributed by atoms with van der Waals surface area (Å²) in [6.07, 6.45) is -3.12. The highest BCUT2D eigenvalue weighted by atomic mass is 19.4. The Bertz CT molecular complexity index is 1190. The van der Waals surface area contributed by atoms with Gasteiger partial charge in [-0.3, -0.25) is 4.79 Å². The van der Waals surface area contributed by atoms with Gasteiger partial charge in [-0.1, -0.05) is 6.07 Å². The van der Waals surface area contributed by atoms with Crippen molar-refractivity contribution in [2.45, 2.75) is 19.0 Å². The summed E-state index contributed by atoms with van der Waals surface area (Å²) in [4.78, 5) is 35.1. The van der Waals surface area contributed by atoms with Crippen molar-refractivity contribution in [3.63, 3.8) is 0 Å². The normalized spacial score (nSPS) is 11.8. The van der Waals surface area contributed by atoms with Crippen LogP contribution < -0.4 is 5.32 Å². The van der Waals surface area contributed by atoms with Gasteiger partial charge in [-0.25, -0.2) is 14.8 Å². The van der Waals surface area contributed by atoms with E-state index in [4.69, 9.17) is 4.74 Å². The summed E-state index contributed by atoms with van der Waals surface area (Å²) in [5.41, 5.74) is -0.324. The average Bonchev–Trinajstić information content (AvgIpc) is 3.06. The minimum atomic E-state index is -4.69. The van der Waals surface area contributed by atoms with Gasteiger partial charge >= 0.3 is 12.1 Å². The Morgan fingerprint density at radius 3 is 2.55 bits per heavy atom. The molecule has 11 heteroatoms. The molecule has 3 aromatic rings. The Morgan fingerprint density at radius 1 is 1.18 bits per heavy atom. The monoisotopic (exact) mass is 463 g/mol. The van der Waals surface area contributed by atoms with Gasteiger partial charge in [0.05, 0.1) is 29.4 Å². The summed E-state index contributed by atoms with van der Waals surface area (Å²) in [7, 11) is 6.97. The van der Waals surface area contributed by atoms with Crippen LogP contribution in [0, 0.1) is 0 Å². The molecule has 0 bridgehead atoms. The smallest absolute Gasteiger partial charge is 0.433 e. The number of alkyl halides is 3. The number of fused-ring (bicyclic) bond motifs is 1. The van der Waals surface area contributed by atoms with E-state index in [0.29, 0.717) is 17.5 Å². The number of aryl methyl sites for hydroxylation is 2. The van der Waals surface area contributed by atoms with Gasteiger partial charge in [0.1, 0.15) is 17.2 Å². The zero-order valence-electron chi connectivity index (χ0n) is 18.7. The molecule has 1 amide bonds. The lowest BCUT2D eigenvalue weighted by molar-refractivity contribution is -0.141. The third kappa shape index (κ3) is 5.48. The number of pyridine rings is 1. The molecule has 2 heterocycles. The third-order valence-electron chi connectivity index (χ3n) is 5.04. The predicted octanol–water partition coefficient (Wildman–Crippen LogP) is 3.52. The first-order chi connectivity index (χ1) is 15.5. The number of esters is 1. The molecule has 0 saturated carbocycles. The van der Waals surface area contributed by atoms with E-state index in [9.17, 15) is 22.8 Å². The largest absolute Gasteiger partial charge is 0.465 e. The van der Waals surface area contributed by atoms with Crippen LogP contribution in [0.2, 0.25) is 0 Å². The zero-order chi connectivity index (χ0) is 24.3. The number of benzene rings is 1. The minimum Gasteiger partial charge on any atom is -0.465 e. The van der Waals surface area contributed by atoms with Gasteiger partial charge in [0.15, 0.2) is 0 Å². The molecule has 0 saturated heterocycles. The first-order valence-corrected chi connectivity index (χ1v) is 10.1. The maximum Gasteiger partial charge on any atom is 0.433 e. The summed E-state index contributed by atoms with van der Waals surface area (Å²) in [5.74, 6) is -0.811. The zero-order valence-corrected chi connectivity index (χ0v) is 18.7. The summed E-state index contributed by atoms with van der Waals surface area (Å²) < 4.78 is 45.5. The van der Waals surface area contributed by atoms with Crippen LogP contribution >= 0.6 is 0 Å². The lowest BCUT2D eigenvalue weighted by Crippen LogP contribution is -2.19.